The normalized spacial score (nSPS) is 11.2. The highest BCUT2D eigenvalue weighted by molar-refractivity contribution is 6.30. The Morgan fingerprint density at radius 2 is 1.78 bits per heavy atom. The molecule has 0 bridgehead atoms. The molecule has 3 heterocycles. The Labute approximate surface area is 188 Å². The van der Waals surface area contributed by atoms with Crippen LogP contribution in [0.2, 0.25) is 5.02 Å². The molecule has 0 spiro atoms. The van der Waals surface area contributed by atoms with Crippen LogP contribution in [0, 0.1) is 13.8 Å². The zero-order valence-electron chi connectivity index (χ0n) is 17.4. The monoisotopic (exact) mass is 443 g/mol. The average molecular weight is 444 g/mol. The fourth-order valence-corrected chi connectivity index (χ4v) is 3.91. The number of carbonyl (C=O) groups is 1. The van der Waals surface area contributed by atoms with Crippen LogP contribution in [0.1, 0.15) is 33.1 Å². The first-order valence-corrected chi connectivity index (χ1v) is 10.4. The van der Waals surface area contributed by atoms with E-state index in [9.17, 15) is 4.79 Å². The highest BCUT2D eigenvalue weighted by Gasteiger charge is 2.26. The fraction of sp³-hybridized carbons (Fsp3) is 0.125. The molecule has 0 aliphatic rings. The third kappa shape index (κ3) is 3.56. The molecule has 3 aromatic heterocycles. The number of hydrogen-bond acceptors (Lipinski definition) is 6. The maximum absolute atomic E-state index is 13.5. The number of fused-ring (bicyclic) bond motifs is 1. The quantitative estimate of drug-likeness (QED) is 0.354. The Morgan fingerprint density at radius 1 is 1.03 bits per heavy atom. The highest BCUT2D eigenvalue weighted by atomic mass is 35.5. The minimum absolute atomic E-state index is 0.0948. The first-order chi connectivity index (χ1) is 15.5. The van der Waals surface area contributed by atoms with Gasteiger partial charge in [0, 0.05) is 40.6 Å². The van der Waals surface area contributed by atoms with Gasteiger partial charge in [0.2, 0.25) is 5.82 Å². The van der Waals surface area contributed by atoms with E-state index >= 15 is 0 Å². The number of benzene rings is 2. The molecule has 7 nitrogen and oxygen atoms in total. The van der Waals surface area contributed by atoms with Crippen molar-refractivity contribution < 1.29 is 9.21 Å². The Bertz CT molecular complexity index is 1440. The second kappa shape index (κ2) is 8.01. The summed E-state index contributed by atoms with van der Waals surface area (Å²) in [5.74, 6) is -0.0466. The van der Waals surface area contributed by atoms with Crippen molar-refractivity contribution in [2.45, 2.75) is 20.4 Å². The van der Waals surface area contributed by atoms with E-state index < -0.39 is 0 Å². The summed E-state index contributed by atoms with van der Waals surface area (Å²) >= 11 is 6.03. The van der Waals surface area contributed by atoms with E-state index in [4.69, 9.17) is 16.0 Å². The molecule has 0 fully saturated rings. The molecule has 2 aromatic carbocycles. The summed E-state index contributed by atoms with van der Waals surface area (Å²) in [6, 6.07) is 15.4. The van der Waals surface area contributed by atoms with Gasteiger partial charge in [-0.25, -0.2) is 9.97 Å². The molecule has 8 heteroatoms. The van der Waals surface area contributed by atoms with Gasteiger partial charge in [0.05, 0.1) is 5.56 Å². The van der Waals surface area contributed by atoms with E-state index in [1.54, 1.807) is 18.5 Å². The van der Waals surface area contributed by atoms with Crippen molar-refractivity contribution in [2.24, 2.45) is 0 Å². The van der Waals surface area contributed by atoms with Crippen LogP contribution in [0.3, 0.4) is 0 Å². The molecular weight excluding hydrogens is 426 g/mol. The maximum atomic E-state index is 13.5. The zero-order valence-corrected chi connectivity index (χ0v) is 18.2. The lowest BCUT2D eigenvalue weighted by molar-refractivity contribution is 0.100. The standard InChI is InChI=1S/C24H18ClN5O2/c1-14-4-9-19-18(12-14)20(15(2)30(19)13-16-5-7-17(25)8-6-16)21(31)23-28-29-24(32-23)22-26-10-3-11-27-22/h3-12H,13H2,1-2H3. The van der Waals surface area contributed by atoms with Gasteiger partial charge in [-0.05, 0) is 49.7 Å². The topological polar surface area (TPSA) is 86.7 Å². The van der Waals surface area contributed by atoms with Crippen LogP contribution >= 0.6 is 11.6 Å². The summed E-state index contributed by atoms with van der Waals surface area (Å²) in [5, 5.41) is 9.46. The van der Waals surface area contributed by atoms with Gasteiger partial charge in [0.25, 0.3) is 17.6 Å². The van der Waals surface area contributed by atoms with Crippen LogP contribution in [0.25, 0.3) is 22.6 Å². The molecule has 5 rings (SSSR count). The number of ketones is 1. The molecule has 0 aliphatic carbocycles. The van der Waals surface area contributed by atoms with E-state index in [1.165, 1.54) is 0 Å². The van der Waals surface area contributed by atoms with Crippen LogP contribution in [-0.2, 0) is 6.54 Å². The molecule has 0 N–H and O–H groups in total. The van der Waals surface area contributed by atoms with Crippen molar-refractivity contribution in [1.82, 2.24) is 24.7 Å². The maximum Gasteiger partial charge on any atom is 0.289 e. The van der Waals surface area contributed by atoms with Crippen molar-refractivity contribution in [1.29, 1.82) is 0 Å². The summed E-state index contributed by atoms with van der Waals surface area (Å²) in [5.41, 5.74) is 4.45. The molecule has 0 unspecified atom stereocenters. The first-order valence-electron chi connectivity index (χ1n) is 10.0. The van der Waals surface area contributed by atoms with E-state index in [0.29, 0.717) is 17.1 Å². The molecule has 32 heavy (non-hydrogen) atoms. The van der Waals surface area contributed by atoms with E-state index in [0.717, 1.165) is 27.7 Å². The van der Waals surface area contributed by atoms with Crippen molar-refractivity contribution >= 4 is 28.3 Å². The summed E-state index contributed by atoms with van der Waals surface area (Å²) in [6.45, 7) is 4.52. The lowest BCUT2D eigenvalue weighted by atomic mass is 10.0. The molecule has 5 aromatic rings. The van der Waals surface area contributed by atoms with Crippen LogP contribution in [0.15, 0.2) is 65.3 Å². The third-order valence-corrected chi connectivity index (χ3v) is 5.59. The van der Waals surface area contributed by atoms with Crippen molar-refractivity contribution in [3.05, 3.63) is 94.2 Å². The van der Waals surface area contributed by atoms with E-state index in [1.807, 2.05) is 56.3 Å². The van der Waals surface area contributed by atoms with Gasteiger partial charge in [-0.15, -0.1) is 10.2 Å². The summed E-state index contributed by atoms with van der Waals surface area (Å²) in [7, 11) is 0. The largest absolute Gasteiger partial charge is 0.410 e. The number of carbonyl (C=O) groups excluding carboxylic acids is 1. The van der Waals surface area contributed by atoms with Gasteiger partial charge in [-0.1, -0.05) is 35.4 Å². The summed E-state index contributed by atoms with van der Waals surface area (Å²) in [4.78, 5) is 21.7. The molecule has 0 aliphatic heterocycles. The first kappa shape index (κ1) is 20.1. The van der Waals surface area contributed by atoms with Gasteiger partial charge in [0.15, 0.2) is 0 Å². The minimum Gasteiger partial charge on any atom is -0.410 e. The number of hydrogen-bond donors (Lipinski definition) is 0. The average Bonchev–Trinajstić information content (AvgIpc) is 3.39. The summed E-state index contributed by atoms with van der Waals surface area (Å²) < 4.78 is 7.75. The van der Waals surface area contributed by atoms with E-state index in [-0.39, 0.29) is 23.4 Å². The van der Waals surface area contributed by atoms with Crippen molar-refractivity contribution in [3.63, 3.8) is 0 Å². The number of halogens is 1. The number of aromatic nitrogens is 5. The van der Waals surface area contributed by atoms with Crippen LogP contribution in [0.5, 0.6) is 0 Å². The third-order valence-electron chi connectivity index (χ3n) is 5.34. The predicted octanol–water partition coefficient (Wildman–Crippen LogP) is 5.03. The molecule has 0 saturated heterocycles. The number of aryl methyl sites for hydroxylation is 1. The van der Waals surface area contributed by atoms with Crippen LogP contribution < -0.4 is 0 Å². The summed E-state index contributed by atoms with van der Waals surface area (Å²) in [6.07, 6.45) is 3.15. The van der Waals surface area contributed by atoms with Gasteiger partial charge < -0.3 is 8.98 Å². The molecule has 0 saturated carbocycles. The van der Waals surface area contributed by atoms with Gasteiger partial charge in [-0.2, -0.15) is 0 Å². The molecule has 0 amide bonds. The lowest BCUT2D eigenvalue weighted by Crippen LogP contribution is -2.06. The van der Waals surface area contributed by atoms with Crippen LogP contribution in [-0.4, -0.2) is 30.5 Å². The molecular formula is C24H18ClN5O2. The van der Waals surface area contributed by atoms with Crippen molar-refractivity contribution in [2.75, 3.05) is 0 Å². The molecule has 0 atom stereocenters. The lowest BCUT2D eigenvalue weighted by Gasteiger charge is -2.09. The van der Waals surface area contributed by atoms with Gasteiger partial charge in [0.1, 0.15) is 0 Å². The highest BCUT2D eigenvalue weighted by Crippen LogP contribution is 2.30. The number of rotatable bonds is 5. The predicted molar refractivity (Wildman–Crippen MR) is 121 cm³/mol. The fourth-order valence-electron chi connectivity index (χ4n) is 3.78. The smallest absolute Gasteiger partial charge is 0.289 e. The zero-order chi connectivity index (χ0) is 22.2. The second-order valence-corrected chi connectivity index (χ2v) is 7.94. The van der Waals surface area contributed by atoms with Crippen LogP contribution in [0.4, 0.5) is 0 Å². The Hall–Kier alpha value is -3.84. The van der Waals surface area contributed by atoms with Gasteiger partial charge >= 0.3 is 0 Å². The Morgan fingerprint density at radius 3 is 2.53 bits per heavy atom. The van der Waals surface area contributed by atoms with Crippen molar-refractivity contribution in [3.8, 4) is 11.7 Å². The SMILES string of the molecule is Cc1ccc2c(c1)c(C(=O)c1nnc(-c3ncccn3)o1)c(C)n2Cc1ccc(Cl)cc1. The van der Waals surface area contributed by atoms with E-state index in [2.05, 4.69) is 24.7 Å². The second-order valence-electron chi connectivity index (χ2n) is 7.51. The molecule has 0 radical (unpaired) electrons. The minimum atomic E-state index is -0.331. The Balaban J connectivity index is 1.60. The van der Waals surface area contributed by atoms with Gasteiger partial charge in [-0.3, -0.25) is 4.79 Å². The Kier molecular flexibility index (Phi) is 5.03. The molecule has 158 valence electrons. The number of nitrogens with zero attached hydrogens (tertiary/aromatic N) is 5.